The lowest BCUT2D eigenvalue weighted by Gasteiger charge is -2.18. The van der Waals surface area contributed by atoms with Gasteiger partial charge in [0.1, 0.15) is 11.0 Å². The first-order chi connectivity index (χ1) is 9.49. The van der Waals surface area contributed by atoms with Gasteiger partial charge in [0, 0.05) is 30.4 Å². The van der Waals surface area contributed by atoms with Crippen molar-refractivity contribution in [3.8, 4) is 0 Å². The van der Waals surface area contributed by atoms with Crippen molar-refractivity contribution in [2.75, 3.05) is 7.05 Å². The van der Waals surface area contributed by atoms with E-state index in [2.05, 4.69) is 4.98 Å². The third-order valence-electron chi connectivity index (χ3n) is 2.78. The average molecular weight is 313 g/mol. The predicted octanol–water partition coefficient (Wildman–Crippen LogP) is 3.80. The fourth-order valence-electron chi connectivity index (χ4n) is 1.72. The molecule has 0 atom stereocenters. The second-order valence-electron chi connectivity index (χ2n) is 4.23. The van der Waals surface area contributed by atoms with Gasteiger partial charge in [0.25, 0.3) is 5.91 Å². The summed E-state index contributed by atoms with van der Waals surface area (Å²) in [7, 11) is 1.57. The van der Waals surface area contributed by atoms with Gasteiger partial charge < -0.3 is 4.90 Å². The first-order valence-corrected chi connectivity index (χ1v) is 6.54. The zero-order valence-electron chi connectivity index (χ0n) is 10.6. The number of rotatable bonds is 3. The molecule has 20 heavy (non-hydrogen) atoms. The van der Waals surface area contributed by atoms with E-state index in [9.17, 15) is 9.18 Å². The molecule has 0 fully saturated rings. The second-order valence-corrected chi connectivity index (χ2v) is 5.03. The number of carbonyl (C=O) groups is 1. The van der Waals surface area contributed by atoms with Gasteiger partial charge in [-0.05, 0) is 24.3 Å². The molecule has 0 unspecified atom stereocenters. The maximum Gasteiger partial charge on any atom is 0.255 e. The average Bonchev–Trinajstić information content (AvgIpc) is 2.43. The topological polar surface area (TPSA) is 33.2 Å². The summed E-state index contributed by atoms with van der Waals surface area (Å²) >= 11 is 11.6. The summed E-state index contributed by atoms with van der Waals surface area (Å²) in [4.78, 5) is 17.4. The van der Waals surface area contributed by atoms with Crippen molar-refractivity contribution in [1.82, 2.24) is 9.88 Å². The number of benzene rings is 1. The molecule has 0 aliphatic heterocycles. The molecule has 0 aliphatic carbocycles. The molecule has 104 valence electrons. The Bertz CT molecular complexity index is 611. The highest BCUT2D eigenvalue weighted by Gasteiger charge is 2.16. The zero-order chi connectivity index (χ0) is 14.7. The van der Waals surface area contributed by atoms with Crippen LogP contribution in [0, 0.1) is 5.82 Å². The molecule has 1 aromatic carbocycles. The van der Waals surface area contributed by atoms with Crippen molar-refractivity contribution in [3.63, 3.8) is 0 Å². The lowest BCUT2D eigenvalue weighted by Crippen LogP contribution is -2.26. The Balaban J connectivity index is 2.17. The Morgan fingerprint density at radius 1 is 1.30 bits per heavy atom. The normalized spacial score (nSPS) is 10.4. The molecule has 0 bridgehead atoms. The smallest absolute Gasteiger partial charge is 0.255 e. The quantitative estimate of drug-likeness (QED) is 0.808. The molecule has 0 saturated heterocycles. The highest BCUT2D eigenvalue weighted by atomic mass is 35.5. The molecule has 0 N–H and O–H groups in total. The van der Waals surface area contributed by atoms with E-state index in [-0.39, 0.29) is 18.0 Å². The lowest BCUT2D eigenvalue weighted by molar-refractivity contribution is 0.0783. The molecule has 2 rings (SSSR count). The van der Waals surface area contributed by atoms with Crippen LogP contribution >= 0.6 is 23.2 Å². The van der Waals surface area contributed by atoms with Crippen LogP contribution in [0.3, 0.4) is 0 Å². The summed E-state index contributed by atoms with van der Waals surface area (Å²) in [5, 5.41) is 0.597. The molecule has 0 radical (unpaired) electrons. The first kappa shape index (κ1) is 14.8. The van der Waals surface area contributed by atoms with Crippen LogP contribution in [0.1, 0.15) is 15.9 Å². The number of amides is 1. The number of carbonyl (C=O) groups excluding carboxylic acids is 1. The molecule has 1 heterocycles. The maximum atomic E-state index is 13.7. The molecule has 0 aliphatic rings. The van der Waals surface area contributed by atoms with E-state index in [1.54, 1.807) is 19.2 Å². The van der Waals surface area contributed by atoms with Crippen LogP contribution in [0.25, 0.3) is 0 Å². The van der Waals surface area contributed by atoms with Crippen LogP contribution in [0.4, 0.5) is 4.39 Å². The van der Waals surface area contributed by atoms with E-state index in [0.29, 0.717) is 15.7 Å². The van der Waals surface area contributed by atoms with Crippen molar-refractivity contribution < 1.29 is 9.18 Å². The van der Waals surface area contributed by atoms with Gasteiger partial charge in [0.05, 0.1) is 5.56 Å². The molecule has 3 nitrogen and oxygen atoms in total. The largest absolute Gasteiger partial charge is 0.337 e. The predicted molar refractivity (Wildman–Crippen MR) is 76.5 cm³/mol. The van der Waals surface area contributed by atoms with Gasteiger partial charge in [-0.1, -0.05) is 29.3 Å². The molecule has 1 amide bonds. The molecular weight excluding hydrogens is 302 g/mol. The van der Waals surface area contributed by atoms with Crippen LogP contribution in [0.2, 0.25) is 10.2 Å². The van der Waals surface area contributed by atoms with Crippen molar-refractivity contribution in [1.29, 1.82) is 0 Å². The Morgan fingerprint density at radius 3 is 2.65 bits per heavy atom. The number of aromatic nitrogens is 1. The molecular formula is C14H11Cl2FN2O. The van der Waals surface area contributed by atoms with E-state index in [1.165, 1.54) is 29.3 Å². The molecule has 1 aromatic heterocycles. The summed E-state index contributed by atoms with van der Waals surface area (Å²) in [6.45, 7) is 0.0764. The fourth-order valence-corrected chi connectivity index (χ4v) is 2.05. The highest BCUT2D eigenvalue weighted by Crippen LogP contribution is 2.21. The summed E-state index contributed by atoms with van der Waals surface area (Å²) < 4.78 is 13.7. The van der Waals surface area contributed by atoms with Gasteiger partial charge in [-0.3, -0.25) is 4.79 Å². The molecule has 6 heteroatoms. The van der Waals surface area contributed by atoms with E-state index < -0.39 is 5.82 Å². The summed E-state index contributed by atoms with van der Waals surface area (Å²) in [5.74, 6) is -0.722. The number of pyridine rings is 1. The number of nitrogens with zero attached hydrogens (tertiary/aromatic N) is 2. The minimum atomic E-state index is -0.439. The number of hydrogen-bond donors (Lipinski definition) is 0. The van der Waals surface area contributed by atoms with Crippen LogP contribution < -0.4 is 0 Å². The fraction of sp³-hybridized carbons (Fsp3) is 0.143. The minimum absolute atomic E-state index is 0.0764. The highest BCUT2D eigenvalue weighted by molar-refractivity contribution is 6.31. The van der Waals surface area contributed by atoms with Crippen molar-refractivity contribution in [3.05, 3.63) is 63.6 Å². The van der Waals surface area contributed by atoms with E-state index >= 15 is 0 Å². The lowest BCUT2D eigenvalue weighted by atomic mass is 10.2. The zero-order valence-corrected chi connectivity index (χ0v) is 12.1. The SMILES string of the molecule is CN(Cc1c(F)cccc1Cl)C(=O)c1ccc(Cl)nc1. The number of halogens is 3. The van der Waals surface area contributed by atoms with Gasteiger partial charge >= 0.3 is 0 Å². The summed E-state index contributed by atoms with van der Waals surface area (Å²) in [6.07, 6.45) is 1.38. The monoisotopic (exact) mass is 312 g/mol. The van der Waals surface area contributed by atoms with Crippen molar-refractivity contribution in [2.45, 2.75) is 6.54 Å². The standard InChI is InChI=1S/C14H11Cl2FN2O/c1-19(8-10-11(15)3-2-4-12(10)17)14(20)9-5-6-13(16)18-7-9/h2-7H,8H2,1H3. The van der Waals surface area contributed by atoms with Gasteiger partial charge in [0.15, 0.2) is 0 Å². The van der Waals surface area contributed by atoms with E-state index in [0.717, 1.165) is 0 Å². The van der Waals surface area contributed by atoms with Crippen molar-refractivity contribution >= 4 is 29.1 Å². The Labute approximate surface area is 125 Å². The van der Waals surface area contributed by atoms with Crippen LogP contribution in [-0.2, 0) is 6.54 Å². The van der Waals surface area contributed by atoms with Crippen LogP contribution in [0.5, 0.6) is 0 Å². The van der Waals surface area contributed by atoms with Crippen molar-refractivity contribution in [2.24, 2.45) is 0 Å². The first-order valence-electron chi connectivity index (χ1n) is 5.79. The number of hydrogen-bond acceptors (Lipinski definition) is 2. The molecule has 0 spiro atoms. The van der Waals surface area contributed by atoms with Crippen LogP contribution in [0.15, 0.2) is 36.5 Å². The van der Waals surface area contributed by atoms with Gasteiger partial charge in [-0.2, -0.15) is 0 Å². The Morgan fingerprint density at radius 2 is 2.05 bits per heavy atom. The summed E-state index contributed by atoms with van der Waals surface area (Å²) in [6, 6.07) is 7.51. The molecule has 0 saturated carbocycles. The third kappa shape index (κ3) is 3.26. The minimum Gasteiger partial charge on any atom is -0.337 e. The van der Waals surface area contributed by atoms with Crippen LogP contribution in [-0.4, -0.2) is 22.8 Å². The maximum absolute atomic E-state index is 13.7. The van der Waals surface area contributed by atoms with E-state index in [4.69, 9.17) is 23.2 Å². The van der Waals surface area contributed by atoms with E-state index in [1.807, 2.05) is 0 Å². The second kappa shape index (κ2) is 6.20. The van der Waals surface area contributed by atoms with Gasteiger partial charge in [0.2, 0.25) is 0 Å². The Kier molecular flexibility index (Phi) is 4.57. The molecule has 2 aromatic rings. The van der Waals surface area contributed by atoms with Gasteiger partial charge in [-0.25, -0.2) is 9.37 Å². The Hall–Kier alpha value is -1.65. The third-order valence-corrected chi connectivity index (χ3v) is 3.36. The summed E-state index contributed by atoms with van der Waals surface area (Å²) in [5.41, 5.74) is 0.663. The van der Waals surface area contributed by atoms with Gasteiger partial charge in [-0.15, -0.1) is 0 Å².